The minimum atomic E-state index is -5.00. The number of rotatable bonds is 5. The summed E-state index contributed by atoms with van der Waals surface area (Å²) in [6.07, 6.45) is -3.35. The van der Waals surface area contributed by atoms with Gasteiger partial charge in [0.25, 0.3) is 9.04 Å². The molecule has 1 aliphatic rings. The van der Waals surface area contributed by atoms with Crippen LogP contribution in [0.25, 0.3) is 0 Å². The summed E-state index contributed by atoms with van der Waals surface area (Å²) in [5, 5.41) is 3.34. The van der Waals surface area contributed by atoms with Gasteiger partial charge in [0, 0.05) is 19.2 Å². The molecular formula is C24H29F3NO3Si. The number of halogens is 3. The van der Waals surface area contributed by atoms with Gasteiger partial charge in [-0.05, 0) is 40.6 Å². The minimum Gasteiger partial charge on any atom is -0.404 e. The average molecular weight is 465 g/mol. The zero-order chi connectivity index (χ0) is 23.4. The van der Waals surface area contributed by atoms with Gasteiger partial charge in [-0.1, -0.05) is 75.4 Å². The molecular weight excluding hydrogens is 435 g/mol. The number of carbonyl (C=O) groups is 1. The summed E-state index contributed by atoms with van der Waals surface area (Å²) in [7, 11) is -1.55. The Labute approximate surface area is 189 Å². The van der Waals surface area contributed by atoms with Crippen LogP contribution < -0.4 is 10.4 Å². The molecule has 0 bridgehead atoms. The van der Waals surface area contributed by atoms with Crippen molar-refractivity contribution in [3.8, 4) is 0 Å². The van der Waals surface area contributed by atoms with Crippen molar-refractivity contribution in [3.05, 3.63) is 60.2 Å². The van der Waals surface area contributed by atoms with Crippen molar-refractivity contribution in [1.82, 2.24) is 5.06 Å². The van der Waals surface area contributed by atoms with Gasteiger partial charge >= 0.3 is 12.1 Å². The van der Waals surface area contributed by atoms with Crippen molar-refractivity contribution in [2.24, 2.45) is 0 Å². The van der Waals surface area contributed by atoms with E-state index in [2.05, 4.69) is 62.0 Å². The second kappa shape index (κ2) is 10.2. The highest BCUT2D eigenvalue weighted by Gasteiger charge is 2.42. The molecule has 1 atom stereocenters. The Balaban J connectivity index is 1.73. The Bertz CT molecular complexity index is 882. The molecule has 0 N–H and O–H groups in total. The molecule has 0 unspecified atom stereocenters. The Morgan fingerprint density at radius 1 is 0.938 bits per heavy atom. The zero-order valence-corrected chi connectivity index (χ0v) is 19.6. The summed E-state index contributed by atoms with van der Waals surface area (Å²) in [6.45, 7) is 6.98. The van der Waals surface area contributed by atoms with E-state index >= 15 is 0 Å². The van der Waals surface area contributed by atoms with E-state index in [9.17, 15) is 18.0 Å². The third-order valence-corrected chi connectivity index (χ3v) is 7.70. The molecule has 1 heterocycles. The number of nitrogens with zero attached hydrogens (tertiary/aromatic N) is 1. The smallest absolute Gasteiger partial charge is 0.404 e. The van der Waals surface area contributed by atoms with E-state index in [-0.39, 0.29) is 24.6 Å². The van der Waals surface area contributed by atoms with Gasteiger partial charge < -0.3 is 9.26 Å². The molecule has 0 saturated carbocycles. The number of benzene rings is 2. The van der Waals surface area contributed by atoms with Crippen LogP contribution in [0.3, 0.4) is 0 Å². The fourth-order valence-corrected chi connectivity index (χ4v) is 5.74. The summed E-state index contributed by atoms with van der Waals surface area (Å²) >= 11 is 0. The maximum Gasteiger partial charge on any atom is 0.492 e. The van der Waals surface area contributed by atoms with Crippen LogP contribution in [0.15, 0.2) is 54.6 Å². The molecule has 0 aliphatic carbocycles. The molecule has 0 aromatic heterocycles. The fraction of sp³-hybridized carbons (Fsp3) is 0.458. The molecule has 2 aromatic rings. The highest BCUT2D eigenvalue weighted by molar-refractivity contribution is 6.80. The average Bonchev–Trinajstić information content (AvgIpc) is 2.96. The molecule has 0 amide bonds. The normalized spacial score (nSPS) is 18.4. The highest BCUT2D eigenvalue weighted by atomic mass is 28.3. The van der Waals surface area contributed by atoms with Crippen LogP contribution in [-0.2, 0) is 19.5 Å². The maximum absolute atomic E-state index is 12.5. The third-order valence-electron chi connectivity index (χ3n) is 5.41. The maximum atomic E-state index is 12.5. The summed E-state index contributed by atoms with van der Waals surface area (Å²) in [5.41, 5.74) is 1.30. The third kappa shape index (κ3) is 6.67. The zero-order valence-electron chi connectivity index (χ0n) is 18.6. The molecule has 1 saturated heterocycles. The van der Waals surface area contributed by atoms with E-state index < -0.39 is 21.2 Å². The number of hydroxylamine groups is 2. The van der Waals surface area contributed by atoms with Gasteiger partial charge in [0.15, 0.2) is 0 Å². The van der Waals surface area contributed by atoms with Gasteiger partial charge in [-0.15, -0.1) is 5.06 Å². The molecule has 32 heavy (non-hydrogen) atoms. The lowest BCUT2D eigenvalue weighted by atomic mass is 9.87. The van der Waals surface area contributed by atoms with Gasteiger partial charge in [-0.3, -0.25) is 0 Å². The summed E-state index contributed by atoms with van der Waals surface area (Å²) in [4.78, 5) is 15.7. The number of hydrogen-bond acceptors (Lipinski definition) is 4. The predicted molar refractivity (Wildman–Crippen MR) is 119 cm³/mol. The van der Waals surface area contributed by atoms with Crippen LogP contribution in [0.5, 0.6) is 0 Å². The Kier molecular flexibility index (Phi) is 7.79. The molecule has 4 nitrogen and oxygen atoms in total. The molecule has 1 fully saturated rings. The highest BCUT2D eigenvalue weighted by Crippen LogP contribution is 2.22. The second-order valence-electron chi connectivity index (χ2n) is 9.00. The van der Waals surface area contributed by atoms with Crippen LogP contribution >= 0.6 is 0 Å². The van der Waals surface area contributed by atoms with Gasteiger partial charge in [-0.25, -0.2) is 4.79 Å². The van der Waals surface area contributed by atoms with Crippen molar-refractivity contribution in [2.45, 2.75) is 57.7 Å². The van der Waals surface area contributed by atoms with Gasteiger partial charge in [0.05, 0.1) is 0 Å². The Morgan fingerprint density at radius 2 is 1.56 bits per heavy atom. The first kappa shape index (κ1) is 24.5. The molecule has 2 aromatic carbocycles. The Morgan fingerprint density at radius 3 is 2.16 bits per heavy atom. The van der Waals surface area contributed by atoms with Crippen LogP contribution in [0, 0.1) is 0 Å². The van der Waals surface area contributed by atoms with Gasteiger partial charge in [0.1, 0.15) is 0 Å². The van der Waals surface area contributed by atoms with Crippen molar-refractivity contribution in [3.63, 3.8) is 0 Å². The number of hydrogen-bond donors (Lipinski definition) is 0. The van der Waals surface area contributed by atoms with Crippen LogP contribution in [0.4, 0.5) is 13.2 Å². The second-order valence-corrected chi connectivity index (χ2v) is 11.0. The van der Waals surface area contributed by atoms with Gasteiger partial charge in [-0.2, -0.15) is 13.2 Å². The van der Waals surface area contributed by atoms with Crippen molar-refractivity contribution < 1.29 is 27.2 Å². The lowest BCUT2D eigenvalue weighted by Gasteiger charge is -2.25. The number of alkyl halides is 3. The van der Waals surface area contributed by atoms with E-state index in [4.69, 9.17) is 4.43 Å². The van der Waals surface area contributed by atoms with Crippen LogP contribution in [0.2, 0.25) is 0 Å². The molecule has 1 aliphatic heterocycles. The van der Waals surface area contributed by atoms with Crippen molar-refractivity contribution in [1.29, 1.82) is 0 Å². The first-order chi connectivity index (χ1) is 15.0. The largest absolute Gasteiger partial charge is 0.492 e. The topological polar surface area (TPSA) is 38.8 Å². The summed E-state index contributed by atoms with van der Waals surface area (Å²) in [6, 6.07) is 18.6. The number of carbonyl (C=O) groups excluding carboxylic acids is 1. The standard InChI is InChI=1S/C24H29F3NO3Si/c1-23(2,3)18-11-13-21(14-12-18)32(20-9-5-4-6-10-20)31-19-8-7-16-28(17-15-19)30-22(29)24(25,26)27/h4-6,9-14,19H,7-8,15-17H2,1-3H3/t19-/m1/s1. The molecule has 3 rings (SSSR count). The van der Waals surface area contributed by atoms with E-state index in [1.165, 1.54) is 5.56 Å². The quantitative estimate of drug-likeness (QED) is 0.628. The molecule has 8 heteroatoms. The van der Waals surface area contributed by atoms with Crippen molar-refractivity contribution in [2.75, 3.05) is 13.1 Å². The Hall–Kier alpha value is -2.16. The molecule has 173 valence electrons. The fourth-order valence-electron chi connectivity index (χ4n) is 3.60. The lowest BCUT2D eigenvalue weighted by molar-refractivity contribution is -0.238. The van der Waals surface area contributed by atoms with E-state index in [0.29, 0.717) is 19.3 Å². The van der Waals surface area contributed by atoms with E-state index in [1.54, 1.807) is 0 Å². The van der Waals surface area contributed by atoms with E-state index in [0.717, 1.165) is 15.4 Å². The lowest BCUT2D eigenvalue weighted by Crippen LogP contribution is -2.47. The van der Waals surface area contributed by atoms with E-state index in [1.807, 2.05) is 18.2 Å². The van der Waals surface area contributed by atoms with Crippen LogP contribution in [0.1, 0.15) is 45.6 Å². The summed E-state index contributed by atoms with van der Waals surface area (Å²) < 4.78 is 44.1. The monoisotopic (exact) mass is 464 g/mol. The molecule has 1 radical (unpaired) electrons. The van der Waals surface area contributed by atoms with Crippen molar-refractivity contribution >= 4 is 25.4 Å². The first-order valence-electron chi connectivity index (χ1n) is 10.8. The first-order valence-corrected chi connectivity index (χ1v) is 12.2. The minimum absolute atomic E-state index is 0.0532. The SMILES string of the molecule is CC(C)(C)c1ccc([Si](O[C@@H]2CCCN(OC(=O)C(F)(F)F)CC2)c2ccccc2)cc1. The molecule has 0 spiro atoms. The summed E-state index contributed by atoms with van der Waals surface area (Å²) in [5.74, 6) is -2.18. The van der Waals surface area contributed by atoms with Gasteiger partial charge in [0.2, 0.25) is 0 Å². The van der Waals surface area contributed by atoms with Crippen LogP contribution in [-0.4, -0.2) is 45.4 Å². The predicted octanol–water partition coefficient (Wildman–Crippen LogP) is 3.98.